The first-order valence-electron chi connectivity index (χ1n) is 5.28. The number of carbonyl (C=O) groups is 1. The molecule has 0 spiro atoms. The van der Waals surface area contributed by atoms with E-state index >= 15 is 0 Å². The first-order valence-corrected chi connectivity index (χ1v) is 6.06. The fraction of sp³-hybridized carbons (Fsp3) is 0.700. The highest BCUT2D eigenvalue weighted by Gasteiger charge is 2.16. The SMILES string of the molecule is O=C(CCCC1CCCO1)c1cnns1. The Kier molecular flexibility index (Phi) is 3.80. The molecule has 0 aromatic carbocycles. The average molecular weight is 226 g/mol. The molecule has 0 amide bonds. The predicted molar refractivity (Wildman–Crippen MR) is 57.1 cm³/mol. The van der Waals surface area contributed by atoms with Gasteiger partial charge in [0.25, 0.3) is 0 Å². The van der Waals surface area contributed by atoms with Crippen molar-refractivity contribution in [2.75, 3.05) is 6.61 Å². The van der Waals surface area contributed by atoms with Gasteiger partial charge in [-0.1, -0.05) is 4.49 Å². The minimum atomic E-state index is 0.156. The Balaban J connectivity index is 1.67. The van der Waals surface area contributed by atoms with Crippen molar-refractivity contribution in [2.24, 2.45) is 0 Å². The van der Waals surface area contributed by atoms with Crippen molar-refractivity contribution in [1.82, 2.24) is 9.59 Å². The molecule has 0 saturated carbocycles. The third-order valence-corrected chi connectivity index (χ3v) is 3.30. The molecule has 1 atom stereocenters. The molecule has 1 saturated heterocycles. The van der Waals surface area contributed by atoms with E-state index in [4.69, 9.17) is 4.74 Å². The number of rotatable bonds is 5. The van der Waals surface area contributed by atoms with Crippen LogP contribution in [0.15, 0.2) is 6.20 Å². The predicted octanol–water partition coefficient (Wildman–Crippen LogP) is 2.07. The number of nitrogens with zero attached hydrogens (tertiary/aromatic N) is 2. The van der Waals surface area contributed by atoms with Gasteiger partial charge in [0.2, 0.25) is 0 Å². The van der Waals surface area contributed by atoms with Crippen molar-refractivity contribution < 1.29 is 9.53 Å². The van der Waals surface area contributed by atoms with Crippen molar-refractivity contribution >= 4 is 17.3 Å². The van der Waals surface area contributed by atoms with Crippen LogP contribution < -0.4 is 0 Å². The van der Waals surface area contributed by atoms with Crippen LogP contribution in [0.2, 0.25) is 0 Å². The van der Waals surface area contributed by atoms with E-state index in [1.807, 2.05) is 0 Å². The van der Waals surface area contributed by atoms with E-state index in [1.54, 1.807) is 6.20 Å². The van der Waals surface area contributed by atoms with Gasteiger partial charge in [0.15, 0.2) is 5.78 Å². The molecule has 2 heterocycles. The van der Waals surface area contributed by atoms with Crippen LogP contribution in [0.5, 0.6) is 0 Å². The highest BCUT2D eigenvalue weighted by Crippen LogP contribution is 2.18. The van der Waals surface area contributed by atoms with E-state index in [-0.39, 0.29) is 5.78 Å². The summed E-state index contributed by atoms with van der Waals surface area (Å²) in [6.45, 7) is 0.886. The maximum atomic E-state index is 11.6. The van der Waals surface area contributed by atoms with Crippen LogP contribution in [0.4, 0.5) is 0 Å². The highest BCUT2D eigenvalue weighted by atomic mass is 32.1. The Morgan fingerprint density at radius 2 is 2.60 bits per heavy atom. The summed E-state index contributed by atoms with van der Waals surface area (Å²) in [6.07, 6.45) is 6.73. The quantitative estimate of drug-likeness (QED) is 0.721. The van der Waals surface area contributed by atoms with Crippen LogP contribution in [-0.4, -0.2) is 28.1 Å². The Morgan fingerprint density at radius 1 is 1.67 bits per heavy atom. The summed E-state index contributed by atoms with van der Waals surface area (Å²) in [7, 11) is 0. The van der Waals surface area contributed by atoms with Gasteiger partial charge in [-0.3, -0.25) is 4.79 Å². The summed E-state index contributed by atoms with van der Waals surface area (Å²) in [6, 6.07) is 0. The summed E-state index contributed by atoms with van der Waals surface area (Å²) in [4.78, 5) is 12.2. The molecule has 15 heavy (non-hydrogen) atoms. The third-order valence-electron chi connectivity index (χ3n) is 2.59. The summed E-state index contributed by atoms with van der Waals surface area (Å²) < 4.78 is 9.17. The zero-order valence-corrected chi connectivity index (χ0v) is 9.33. The van der Waals surface area contributed by atoms with Crippen LogP contribution in [-0.2, 0) is 4.74 Å². The summed E-state index contributed by atoms with van der Waals surface area (Å²) in [5.41, 5.74) is 0. The number of ether oxygens (including phenoxy) is 1. The van der Waals surface area contributed by atoms with Gasteiger partial charge in [-0.25, -0.2) is 0 Å². The molecular weight excluding hydrogens is 212 g/mol. The minimum Gasteiger partial charge on any atom is -0.378 e. The molecule has 2 rings (SSSR count). The number of carbonyl (C=O) groups excluding carboxylic acids is 1. The largest absolute Gasteiger partial charge is 0.378 e. The Labute approximate surface area is 92.8 Å². The van der Waals surface area contributed by atoms with E-state index in [9.17, 15) is 4.79 Å². The van der Waals surface area contributed by atoms with Crippen LogP contribution in [0.3, 0.4) is 0 Å². The maximum Gasteiger partial charge on any atom is 0.176 e. The van der Waals surface area contributed by atoms with E-state index in [0.29, 0.717) is 17.4 Å². The maximum absolute atomic E-state index is 11.6. The van der Waals surface area contributed by atoms with Crippen LogP contribution >= 0.6 is 11.5 Å². The Hall–Kier alpha value is -0.810. The molecule has 1 aliphatic rings. The molecule has 0 bridgehead atoms. The molecule has 1 unspecified atom stereocenters. The number of Topliss-reactive ketones (excluding diaryl/α,β-unsaturated/α-hetero) is 1. The van der Waals surface area contributed by atoms with Gasteiger partial charge in [-0.2, -0.15) is 0 Å². The first kappa shape index (κ1) is 10.7. The van der Waals surface area contributed by atoms with Crippen LogP contribution in [0.25, 0.3) is 0 Å². The van der Waals surface area contributed by atoms with Gasteiger partial charge in [0, 0.05) is 13.0 Å². The summed E-state index contributed by atoms with van der Waals surface area (Å²) in [5.74, 6) is 0.156. The van der Waals surface area contributed by atoms with Gasteiger partial charge in [0.1, 0.15) is 4.88 Å². The number of hydrogen-bond acceptors (Lipinski definition) is 5. The lowest BCUT2D eigenvalue weighted by molar-refractivity contribution is 0.0925. The van der Waals surface area contributed by atoms with Crippen molar-refractivity contribution in [2.45, 2.75) is 38.2 Å². The van der Waals surface area contributed by atoms with Gasteiger partial charge >= 0.3 is 0 Å². The van der Waals surface area contributed by atoms with E-state index in [1.165, 1.54) is 11.5 Å². The summed E-state index contributed by atoms with van der Waals surface area (Å²) >= 11 is 1.17. The molecule has 1 aliphatic heterocycles. The first-order chi connectivity index (χ1) is 7.36. The lowest BCUT2D eigenvalue weighted by Crippen LogP contribution is -2.06. The number of aromatic nitrogens is 2. The molecule has 4 nitrogen and oxygen atoms in total. The van der Waals surface area contributed by atoms with E-state index in [2.05, 4.69) is 9.59 Å². The average Bonchev–Trinajstić information content (AvgIpc) is 2.90. The van der Waals surface area contributed by atoms with E-state index in [0.717, 1.165) is 32.3 Å². The molecule has 0 aliphatic carbocycles. The van der Waals surface area contributed by atoms with Crippen LogP contribution in [0.1, 0.15) is 41.8 Å². The summed E-state index contributed by atoms with van der Waals surface area (Å²) in [5, 5.41) is 3.65. The molecule has 5 heteroatoms. The van der Waals surface area contributed by atoms with Crippen LogP contribution in [0, 0.1) is 0 Å². The second-order valence-corrected chi connectivity index (χ2v) is 4.52. The molecule has 82 valence electrons. The van der Waals surface area contributed by atoms with Gasteiger partial charge in [-0.15, -0.1) is 5.10 Å². The number of hydrogen-bond donors (Lipinski definition) is 0. The monoisotopic (exact) mass is 226 g/mol. The van der Waals surface area contributed by atoms with Gasteiger partial charge < -0.3 is 4.74 Å². The second-order valence-electron chi connectivity index (χ2n) is 3.73. The molecular formula is C10H14N2O2S. The van der Waals surface area contributed by atoms with Crippen molar-refractivity contribution in [3.63, 3.8) is 0 Å². The van der Waals surface area contributed by atoms with Crippen molar-refractivity contribution in [3.05, 3.63) is 11.1 Å². The topological polar surface area (TPSA) is 52.1 Å². The smallest absolute Gasteiger partial charge is 0.176 e. The third kappa shape index (κ3) is 3.07. The highest BCUT2D eigenvalue weighted by molar-refractivity contribution is 7.07. The molecule has 1 fully saturated rings. The van der Waals surface area contributed by atoms with Gasteiger partial charge in [0.05, 0.1) is 12.3 Å². The normalized spacial score (nSPS) is 20.7. The van der Waals surface area contributed by atoms with Crippen molar-refractivity contribution in [1.29, 1.82) is 0 Å². The molecule has 1 aromatic heterocycles. The number of ketones is 1. The standard InChI is InChI=1S/C10H14N2O2S/c13-9(10-7-11-12-15-10)5-1-3-8-4-2-6-14-8/h7-8H,1-6H2. The fourth-order valence-electron chi connectivity index (χ4n) is 1.78. The molecule has 0 radical (unpaired) electrons. The molecule has 0 N–H and O–H groups in total. The minimum absolute atomic E-state index is 0.156. The lowest BCUT2D eigenvalue weighted by Gasteiger charge is -2.07. The second kappa shape index (κ2) is 5.32. The van der Waals surface area contributed by atoms with Gasteiger partial charge in [-0.05, 0) is 37.2 Å². The molecule has 1 aromatic rings. The van der Waals surface area contributed by atoms with Crippen molar-refractivity contribution in [3.8, 4) is 0 Å². The van der Waals surface area contributed by atoms with E-state index < -0.39 is 0 Å². The fourth-order valence-corrected chi connectivity index (χ4v) is 2.26. The Bertz CT molecular complexity index is 307. The zero-order valence-electron chi connectivity index (χ0n) is 8.52. The Morgan fingerprint density at radius 3 is 3.27 bits per heavy atom. The lowest BCUT2D eigenvalue weighted by atomic mass is 10.1. The zero-order chi connectivity index (χ0) is 10.5.